The number of nitrogens with two attached hydrogens (primary N) is 1. The molecule has 3 N–H and O–H groups in total. The van der Waals surface area contributed by atoms with E-state index in [0.29, 0.717) is 17.1 Å². The largest absolute Gasteiger partial charge is 0.493 e. The standard InChI is InChI=1S/C16H24N2O4/c1-18-8-4-5-11(10-18)22-15-12(13(9-17)16(19)20)6-3-7-14(15)21-2/h3,6-7,11,13H,4-5,8-10,17H2,1-2H3,(H,19,20). The van der Waals surface area contributed by atoms with Crippen LogP contribution in [0.4, 0.5) is 0 Å². The molecule has 122 valence electrons. The summed E-state index contributed by atoms with van der Waals surface area (Å²) < 4.78 is 11.5. The van der Waals surface area contributed by atoms with Gasteiger partial charge in [0.05, 0.1) is 13.0 Å². The van der Waals surface area contributed by atoms with Crippen LogP contribution in [-0.4, -0.2) is 55.9 Å². The Morgan fingerprint density at radius 2 is 2.32 bits per heavy atom. The maximum absolute atomic E-state index is 11.4. The van der Waals surface area contributed by atoms with Gasteiger partial charge < -0.3 is 25.2 Å². The Morgan fingerprint density at radius 3 is 2.91 bits per heavy atom. The van der Waals surface area contributed by atoms with E-state index < -0.39 is 11.9 Å². The molecule has 1 fully saturated rings. The molecule has 1 aliphatic heterocycles. The average Bonchev–Trinajstić information content (AvgIpc) is 2.49. The number of likely N-dealkylation sites (tertiary alicyclic amines) is 1. The molecule has 0 bridgehead atoms. The number of carboxylic acid groups (broad SMARTS) is 1. The lowest BCUT2D eigenvalue weighted by Gasteiger charge is -2.31. The molecule has 0 amide bonds. The summed E-state index contributed by atoms with van der Waals surface area (Å²) in [4.78, 5) is 13.7. The van der Waals surface area contributed by atoms with E-state index in [0.717, 1.165) is 25.9 Å². The summed E-state index contributed by atoms with van der Waals surface area (Å²) in [5.74, 6) is -0.707. The van der Waals surface area contributed by atoms with Gasteiger partial charge in [-0.2, -0.15) is 0 Å². The fourth-order valence-corrected chi connectivity index (χ4v) is 2.84. The van der Waals surface area contributed by atoms with E-state index in [9.17, 15) is 9.90 Å². The first-order valence-electron chi connectivity index (χ1n) is 7.51. The second-order valence-electron chi connectivity index (χ2n) is 5.65. The third kappa shape index (κ3) is 3.69. The van der Waals surface area contributed by atoms with E-state index in [4.69, 9.17) is 15.2 Å². The summed E-state index contributed by atoms with van der Waals surface area (Å²) in [7, 11) is 3.61. The number of hydrogen-bond donors (Lipinski definition) is 2. The van der Waals surface area contributed by atoms with Crippen LogP contribution in [-0.2, 0) is 4.79 Å². The predicted octanol–water partition coefficient (Wildman–Crippen LogP) is 1.30. The minimum Gasteiger partial charge on any atom is -0.493 e. The SMILES string of the molecule is COc1cccc(C(CN)C(=O)O)c1OC1CCCN(C)C1. The zero-order valence-electron chi connectivity index (χ0n) is 13.1. The molecule has 1 aliphatic rings. The van der Waals surface area contributed by atoms with E-state index in [1.807, 2.05) is 0 Å². The topological polar surface area (TPSA) is 85.0 Å². The molecule has 2 rings (SSSR count). The zero-order valence-corrected chi connectivity index (χ0v) is 13.1. The van der Waals surface area contributed by atoms with Gasteiger partial charge in [0.1, 0.15) is 6.10 Å². The average molecular weight is 308 g/mol. The van der Waals surface area contributed by atoms with Crippen LogP contribution in [0.25, 0.3) is 0 Å². The van der Waals surface area contributed by atoms with Crippen molar-refractivity contribution in [3.05, 3.63) is 23.8 Å². The number of nitrogens with zero attached hydrogens (tertiary/aromatic N) is 1. The number of benzene rings is 1. The molecule has 1 aromatic carbocycles. The quantitative estimate of drug-likeness (QED) is 0.824. The van der Waals surface area contributed by atoms with E-state index >= 15 is 0 Å². The maximum Gasteiger partial charge on any atom is 0.312 e. The molecule has 0 saturated carbocycles. The lowest BCUT2D eigenvalue weighted by atomic mass is 9.97. The summed E-state index contributed by atoms with van der Waals surface area (Å²) in [6, 6.07) is 5.29. The fourth-order valence-electron chi connectivity index (χ4n) is 2.84. The lowest BCUT2D eigenvalue weighted by molar-refractivity contribution is -0.138. The lowest BCUT2D eigenvalue weighted by Crippen LogP contribution is -2.39. The molecule has 0 aliphatic carbocycles. The molecule has 22 heavy (non-hydrogen) atoms. The Morgan fingerprint density at radius 1 is 1.55 bits per heavy atom. The van der Waals surface area contributed by atoms with E-state index in [-0.39, 0.29) is 12.6 Å². The summed E-state index contributed by atoms with van der Waals surface area (Å²) in [6.45, 7) is 1.89. The number of carbonyl (C=O) groups is 1. The molecule has 1 heterocycles. The van der Waals surface area contributed by atoms with Crippen molar-refractivity contribution in [1.82, 2.24) is 4.90 Å². The second-order valence-corrected chi connectivity index (χ2v) is 5.65. The van der Waals surface area contributed by atoms with Crippen molar-refractivity contribution in [1.29, 1.82) is 0 Å². The highest BCUT2D eigenvalue weighted by molar-refractivity contribution is 5.78. The van der Waals surface area contributed by atoms with Crippen molar-refractivity contribution in [2.75, 3.05) is 33.8 Å². The monoisotopic (exact) mass is 308 g/mol. The van der Waals surface area contributed by atoms with E-state index in [1.165, 1.54) is 0 Å². The second kappa shape index (κ2) is 7.47. The number of rotatable bonds is 6. The molecular formula is C16H24N2O4. The van der Waals surface area contributed by atoms with Crippen molar-refractivity contribution in [3.8, 4) is 11.5 Å². The van der Waals surface area contributed by atoms with Crippen LogP contribution in [0.3, 0.4) is 0 Å². The highest BCUT2D eigenvalue weighted by Crippen LogP contribution is 2.37. The Balaban J connectivity index is 2.32. The highest BCUT2D eigenvalue weighted by atomic mass is 16.5. The minimum atomic E-state index is -0.957. The van der Waals surface area contributed by atoms with Gasteiger partial charge in [0.25, 0.3) is 0 Å². The van der Waals surface area contributed by atoms with Gasteiger partial charge in [-0.15, -0.1) is 0 Å². The molecular weight excluding hydrogens is 284 g/mol. The van der Waals surface area contributed by atoms with Gasteiger partial charge in [-0.05, 0) is 32.5 Å². The first-order valence-corrected chi connectivity index (χ1v) is 7.51. The van der Waals surface area contributed by atoms with Crippen molar-refractivity contribution in [2.24, 2.45) is 5.73 Å². The van der Waals surface area contributed by atoms with Crippen molar-refractivity contribution in [2.45, 2.75) is 24.9 Å². The number of ether oxygens (including phenoxy) is 2. The van der Waals surface area contributed by atoms with Crippen LogP contribution in [0.15, 0.2) is 18.2 Å². The molecule has 6 heteroatoms. The van der Waals surface area contributed by atoms with Gasteiger partial charge in [0, 0.05) is 18.7 Å². The Hall–Kier alpha value is -1.79. The summed E-state index contributed by atoms with van der Waals surface area (Å²) in [6.07, 6.45) is 2.04. The molecule has 0 aromatic heterocycles. The first-order chi connectivity index (χ1) is 10.6. The number of aliphatic carboxylic acids is 1. The van der Waals surface area contributed by atoms with E-state index in [2.05, 4.69) is 11.9 Å². The van der Waals surface area contributed by atoms with Crippen molar-refractivity contribution in [3.63, 3.8) is 0 Å². The van der Waals surface area contributed by atoms with Crippen LogP contribution in [0.2, 0.25) is 0 Å². The predicted molar refractivity (Wildman–Crippen MR) is 83.6 cm³/mol. The Kier molecular flexibility index (Phi) is 5.63. The van der Waals surface area contributed by atoms with Crippen LogP contribution >= 0.6 is 0 Å². The first kappa shape index (κ1) is 16.6. The number of para-hydroxylation sites is 1. The Bertz CT molecular complexity index is 521. The van der Waals surface area contributed by atoms with Gasteiger partial charge in [-0.1, -0.05) is 12.1 Å². The molecule has 0 spiro atoms. The number of likely N-dealkylation sites (N-methyl/N-ethyl adjacent to an activating group) is 1. The van der Waals surface area contributed by atoms with Gasteiger partial charge in [0.15, 0.2) is 11.5 Å². The molecule has 0 radical (unpaired) electrons. The van der Waals surface area contributed by atoms with Crippen LogP contribution < -0.4 is 15.2 Å². The number of hydrogen-bond acceptors (Lipinski definition) is 5. The summed E-state index contributed by atoms with van der Waals surface area (Å²) in [5, 5.41) is 9.38. The Labute approximate surface area is 130 Å². The van der Waals surface area contributed by atoms with Crippen LogP contribution in [0.1, 0.15) is 24.3 Å². The number of methoxy groups -OCH3 is 1. The number of piperidine rings is 1. The van der Waals surface area contributed by atoms with Gasteiger partial charge in [-0.25, -0.2) is 0 Å². The smallest absolute Gasteiger partial charge is 0.312 e. The van der Waals surface area contributed by atoms with Gasteiger partial charge in [-0.3, -0.25) is 4.79 Å². The summed E-state index contributed by atoms with van der Waals surface area (Å²) >= 11 is 0. The zero-order chi connectivity index (χ0) is 16.1. The van der Waals surface area contributed by atoms with Crippen molar-refractivity contribution >= 4 is 5.97 Å². The minimum absolute atomic E-state index is 0.0173. The molecule has 1 saturated heterocycles. The third-order valence-electron chi connectivity index (χ3n) is 4.00. The normalized spacial score (nSPS) is 20.4. The number of carboxylic acids is 1. The molecule has 6 nitrogen and oxygen atoms in total. The van der Waals surface area contributed by atoms with Crippen molar-refractivity contribution < 1.29 is 19.4 Å². The molecule has 2 unspecified atom stereocenters. The maximum atomic E-state index is 11.4. The van der Waals surface area contributed by atoms with E-state index in [1.54, 1.807) is 25.3 Å². The highest BCUT2D eigenvalue weighted by Gasteiger charge is 2.27. The van der Waals surface area contributed by atoms with Crippen LogP contribution in [0, 0.1) is 0 Å². The summed E-state index contributed by atoms with van der Waals surface area (Å²) in [5.41, 5.74) is 6.21. The van der Waals surface area contributed by atoms with Crippen LogP contribution in [0.5, 0.6) is 11.5 Å². The fraction of sp³-hybridized carbons (Fsp3) is 0.562. The molecule has 2 atom stereocenters. The van der Waals surface area contributed by atoms with Gasteiger partial charge in [0.2, 0.25) is 0 Å². The third-order valence-corrected chi connectivity index (χ3v) is 4.00. The molecule has 1 aromatic rings. The van der Waals surface area contributed by atoms with Gasteiger partial charge >= 0.3 is 5.97 Å².